The van der Waals surface area contributed by atoms with Gasteiger partial charge in [-0.15, -0.1) is 0 Å². The van der Waals surface area contributed by atoms with Crippen molar-refractivity contribution in [3.63, 3.8) is 0 Å². The molecule has 1 heterocycles. The first-order chi connectivity index (χ1) is 10.1. The first-order valence-corrected chi connectivity index (χ1v) is 7.79. The monoisotopic (exact) mass is 294 g/mol. The fourth-order valence-corrected chi connectivity index (χ4v) is 2.79. The number of carbonyl (C=O) groups is 1. The zero-order valence-corrected chi connectivity index (χ0v) is 12.8. The quantitative estimate of drug-likeness (QED) is 0.717. The van der Waals surface area contributed by atoms with E-state index >= 15 is 0 Å². The first kappa shape index (κ1) is 15.8. The highest BCUT2D eigenvalue weighted by molar-refractivity contribution is 5.73. The fraction of sp³-hybridized carbons (Fsp3) is 0.733. The molecule has 1 aliphatic rings. The molecule has 2 amide bonds. The molecule has 1 saturated carbocycles. The second-order valence-electron chi connectivity index (χ2n) is 6.02. The number of hydrogen-bond donors (Lipinski definition) is 3. The Bertz CT molecular complexity index is 450. The maximum atomic E-state index is 11.8. The Morgan fingerprint density at radius 1 is 1.33 bits per heavy atom. The number of aromatic nitrogens is 2. The molecule has 1 aromatic rings. The van der Waals surface area contributed by atoms with E-state index in [0.29, 0.717) is 13.1 Å². The number of nitrogens with zero attached hydrogens (tertiary/aromatic N) is 2. The van der Waals surface area contributed by atoms with Crippen molar-refractivity contribution in [2.24, 2.45) is 7.05 Å². The molecule has 0 saturated heterocycles. The van der Waals surface area contributed by atoms with Gasteiger partial charge in [-0.05, 0) is 24.8 Å². The molecule has 2 rings (SSSR count). The van der Waals surface area contributed by atoms with E-state index in [1.54, 1.807) is 10.9 Å². The third-order valence-corrected chi connectivity index (χ3v) is 4.07. The zero-order valence-electron chi connectivity index (χ0n) is 12.8. The average molecular weight is 294 g/mol. The van der Waals surface area contributed by atoms with Crippen molar-refractivity contribution >= 4 is 6.03 Å². The van der Waals surface area contributed by atoms with Crippen LogP contribution in [-0.2, 0) is 13.5 Å². The van der Waals surface area contributed by atoms with Crippen molar-refractivity contribution in [3.8, 4) is 0 Å². The van der Waals surface area contributed by atoms with E-state index in [1.165, 1.54) is 12.8 Å². The molecular formula is C15H26N4O2. The summed E-state index contributed by atoms with van der Waals surface area (Å²) in [7, 11) is 1.87. The SMILES string of the molecule is Cn1cc(CCNC(=O)NCC2(O)CCCCCC2)cn1. The van der Waals surface area contributed by atoms with E-state index in [0.717, 1.165) is 37.7 Å². The topological polar surface area (TPSA) is 79.2 Å². The van der Waals surface area contributed by atoms with Crippen molar-refractivity contribution in [1.29, 1.82) is 0 Å². The minimum absolute atomic E-state index is 0.212. The molecule has 3 N–H and O–H groups in total. The number of amides is 2. The zero-order chi connectivity index (χ0) is 15.1. The summed E-state index contributed by atoms with van der Waals surface area (Å²) in [6, 6.07) is -0.212. The highest BCUT2D eigenvalue weighted by Gasteiger charge is 2.28. The molecule has 0 aromatic carbocycles. The Hall–Kier alpha value is -1.56. The second-order valence-corrected chi connectivity index (χ2v) is 6.02. The summed E-state index contributed by atoms with van der Waals surface area (Å²) in [6.07, 6.45) is 10.5. The van der Waals surface area contributed by atoms with Crippen LogP contribution in [0.3, 0.4) is 0 Å². The van der Waals surface area contributed by atoms with Crippen molar-refractivity contribution in [2.45, 2.75) is 50.5 Å². The van der Waals surface area contributed by atoms with Gasteiger partial charge in [0.25, 0.3) is 0 Å². The lowest BCUT2D eigenvalue weighted by molar-refractivity contribution is 0.0277. The molecule has 0 spiro atoms. The lowest BCUT2D eigenvalue weighted by Gasteiger charge is -2.26. The highest BCUT2D eigenvalue weighted by Crippen LogP contribution is 2.26. The molecular weight excluding hydrogens is 268 g/mol. The lowest BCUT2D eigenvalue weighted by atomic mass is 9.95. The summed E-state index contributed by atoms with van der Waals surface area (Å²) in [5.74, 6) is 0. The standard InChI is InChI=1S/C15H26N4O2/c1-19-11-13(10-18-19)6-9-16-14(20)17-12-15(21)7-4-2-3-5-8-15/h10-11,21H,2-9,12H2,1H3,(H2,16,17,20). The third-order valence-electron chi connectivity index (χ3n) is 4.07. The van der Waals surface area contributed by atoms with E-state index in [2.05, 4.69) is 15.7 Å². The largest absolute Gasteiger partial charge is 0.388 e. The summed E-state index contributed by atoms with van der Waals surface area (Å²) in [5, 5.41) is 20.1. The van der Waals surface area contributed by atoms with E-state index < -0.39 is 5.60 Å². The molecule has 6 nitrogen and oxygen atoms in total. The van der Waals surface area contributed by atoms with Gasteiger partial charge in [0, 0.05) is 26.3 Å². The van der Waals surface area contributed by atoms with Gasteiger partial charge in [-0.3, -0.25) is 4.68 Å². The third kappa shape index (κ3) is 5.38. The molecule has 0 atom stereocenters. The Labute approximate surface area is 125 Å². The van der Waals surface area contributed by atoms with Gasteiger partial charge in [-0.2, -0.15) is 5.10 Å². The molecule has 0 bridgehead atoms. The van der Waals surface area contributed by atoms with E-state index in [4.69, 9.17) is 0 Å². The summed E-state index contributed by atoms with van der Waals surface area (Å²) in [5.41, 5.74) is 0.372. The minimum Gasteiger partial charge on any atom is -0.388 e. The number of aryl methyl sites for hydroxylation is 1. The van der Waals surface area contributed by atoms with Gasteiger partial charge in [0.05, 0.1) is 11.8 Å². The summed E-state index contributed by atoms with van der Waals surface area (Å²) in [6.45, 7) is 0.904. The van der Waals surface area contributed by atoms with Crippen LogP contribution < -0.4 is 10.6 Å². The van der Waals surface area contributed by atoms with Gasteiger partial charge in [-0.25, -0.2) is 4.79 Å². The Balaban J connectivity index is 1.64. The lowest BCUT2D eigenvalue weighted by Crippen LogP contribution is -2.46. The van der Waals surface area contributed by atoms with Crippen LogP contribution in [0.1, 0.15) is 44.1 Å². The predicted molar refractivity (Wildman–Crippen MR) is 81.0 cm³/mol. The smallest absolute Gasteiger partial charge is 0.314 e. The van der Waals surface area contributed by atoms with Gasteiger partial charge in [0.1, 0.15) is 0 Å². The molecule has 1 aliphatic carbocycles. The van der Waals surface area contributed by atoms with Crippen molar-refractivity contribution < 1.29 is 9.90 Å². The number of rotatable bonds is 5. The van der Waals surface area contributed by atoms with Crippen LogP contribution in [0.5, 0.6) is 0 Å². The second kappa shape index (κ2) is 7.45. The van der Waals surface area contributed by atoms with Crippen LogP contribution in [0.2, 0.25) is 0 Å². The van der Waals surface area contributed by atoms with Gasteiger partial charge >= 0.3 is 6.03 Å². The molecule has 21 heavy (non-hydrogen) atoms. The first-order valence-electron chi connectivity index (χ1n) is 7.79. The Morgan fingerprint density at radius 3 is 2.67 bits per heavy atom. The maximum absolute atomic E-state index is 11.8. The van der Waals surface area contributed by atoms with Crippen molar-refractivity contribution in [3.05, 3.63) is 18.0 Å². The number of hydrogen-bond acceptors (Lipinski definition) is 3. The molecule has 1 aromatic heterocycles. The molecule has 1 fully saturated rings. The maximum Gasteiger partial charge on any atom is 0.314 e. The van der Waals surface area contributed by atoms with E-state index in [1.807, 2.05) is 13.2 Å². The van der Waals surface area contributed by atoms with Crippen LogP contribution in [0.15, 0.2) is 12.4 Å². The average Bonchev–Trinajstić information content (AvgIpc) is 2.74. The highest BCUT2D eigenvalue weighted by atomic mass is 16.3. The summed E-state index contributed by atoms with van der Waals surface area (Å²) >= 11 is 0. The summed E-state index contributed by atoms with van der Waals surface area (Å²) < 4.78 is 1.75. The number of urea groups is 1. The van der Waals surface area contributed by atoms with E-state index in [-0.39, 0.29) is 6.03 Å². The molecule has 6 heteroatoms. The molecule has 0 unspecified atom stereocenters. The van der Waals surface area contributed by atoms with E-state index in [9.17, 15) is 9.90 Å². The van der Waals surface area contributed by atoms with Gasteiger partial charge in [0.15, 0.2) is 0 Å². The van der Waals surface area contributed by atoms with Gasteiger partial charge < -0.3 is 15.7 Å². The van der Waals surface area contributed by atoms with Crippen LogP contribution in [0, 0.1) is 0 Å². The normalized spacial score (nSPS) is 18.0. The Kier molecular flexibility index (Phi) is 5.61. The number of aliphatic hydroxyl groups is 1. The molecule has 0 radical (unpaired) electrons. The van der Waals surface area contributed by atoms with Crippen LogP contribution in [-0.4, -0.2) is 39.6 Å². The minimum atomic E-state index is -0.725. The van der Waals surface area contributed by atoms with Crippen molar-refractivity contribution in [1.82, 2.24) is 20.4 Å². The van der Waals surface area contributed by atoms with Crippen LogP contribution >= 0.6 is 0 Å². The molecule has 118 valence electrons. The van der Waals surface area contributed by atoms with Crippen molar-refractivity contribution in [2.75, 3.05) is 13.1 Å². The number of carbonyl (C=O) groups excluding carboxylic acids is 1. The van der Waals surface area contributed by atoms with Gasteiger partial charge in [0.2, 0.25) is 0 Å². The summed E-state index contributed by atoms with van der Waals surface area (Å²) in [4.78, 5) is 11.8. The number of nitrogens with one attached hydrogen (secondary N) is 2. The molecule has 0 aliphatic heterocycles. The fourth-order valence-electron chi connectivity index (χ4n) is 2.79. The Morgan fingerprint density at radius 2 is 2.05 bits per heavy atom. The van der Waals surface area contributed by atoms with Crippen LogP contribution in [0.25, 0.3) is 0 Å². The van der Waals surface area contributed by atoms with Crippen LogP contribution in [0.4, 0.5) is 4.79 Å². The predicted octanol–water partition coefficient (Wildman–Crippen LogP) is 1.35. The van der Waals surface area contributed by atoms with Gasteiger partial charge in [-0.1, -0.05) is 25.7 Å².